The first-order valence-electron chi connectivity index (χ1n) is 3.87. The van der Waals surface area contributed by atoms with Crippen molar-refractivity contribution in [2.75, 3.05) is 18.1 Å². The molecule has 5 nitrogen and oxygen atoms in total. The van der Waals surface area contributed by atoms with E-state index >= 15 is 0 Å². The van der Waals surface area contributed by atoms with Crippen molar-refractivity contribution < 1.29 is 0 Å². The third-order valence-electron chi connectivity index (χ3n) is 1.73. The fraction of sp³-hybridized carbons (Fsp3) is 0.125. The predicted octanol–water partition coefficient (Wildman–Crippen LogP) is 0.649. The van der Waals surface area contributed by atoms with Gasteiger partial charge >= 0.3 is 0 Å². The minimum absolute atomic E-state index is 0.232. The van der Waals surface area contributed by atoms with E-state index in [0.717, 1.165) is 5.39 Å². The molecule has 0 aliphatic rings. The zero-order chi connectivity index (χ0) is 9.26. The average molecular weight is 175 g/mol. The average Bonchev–Trinajstić information content (AvgIpc) is 2.16. The van der Waals surface area contributed by atoms with Gasteiger partial charge in [-0.2, -0.15) is 9.97 Å². The van der Waals surface area contributed by atoms with E-state index in [0.29, 0.717) is 11.5 Å². The molecule has 0 saturated heterocycles. The van der Waals surface area contributed by atoms with E-state index in [1.54, 1.807) is 13.2 Å². The fourth-order valence-electron chi connectivity index (χ4n) is 1.17. The molecule has 2 rings (SSSR count). The maximum atomic E-state index is 5.50. The van der Waals surface area contributed by atoms with Crippen LogP contribution in [0.2, 0.25) is 0 Å². The molecule has 2 aromatic heterocycles. The monoisotopic (exact) mass is 175 g/mol. The molecule has 3 N–H and O–H groups in total. The second-order valence-corrected chi connectivity index (χ2v) is 2.55. The summed E-state index contributed by atoms with van der Waals surface area (Å²) in [6.45, 7) is 0. The van der Waals surface area contributed by atoms with Gasteiger partial charge < -0.3 is 11.1 Å². The lowest BCUT2D eigenvalue weighted by Gasteiger charge is -2.03. The standard InChI is InChI=1S/C8H9N5/c1-10-6-5-3-2-4-11-7(5)13-8(9)12-6/h2-4H,1H3,(H3,9,10,11,12,13). The van der Waals surface area contributed by atoms with Crippen molar-refractivity contribution in [2.24, 2.45) is 0 Å². The van der Waals surface area contributed by atoms with Crippen LogP contribution in [0.4, 0.5) is 11.8 Å². The molecule has 0 radical (unpaired) electrons. The summed E-state index contributed by atoms with van der Waals surface area (Å²) in [4.78, 5) is 12.1. The van der Waals surface area contributed by atoms with Crippen molar-refractivity contribution in [2.45, 2.75) is 0 Å². The number of rotatable bonds is 1. The minimum Gasteiger partial charge on any atom is -0.372 e. The van der Waals surface area contributed by atoms with E-state index in [1.807, 2.05) is 12.1 Å². The summed E-state index contributed by atoms with van der Waals surface area (Å²) >= 11 is 0. The van der Waals surface area contributed by atoms with Gasteiger partial charge in [-0.05, 0) is 12.1 Å². The first-order valence-corrected chi connectivity index (χ1v) is 3.87. The zero-order valence-electron chi connectivity index (χ0n) is 7.15. The molecule has 5 heteroatoms. The third kappa shape index (κ3) is 1.24. The molecule has 0 saturated carbocycles. The Labute approximate surface area is 75.0 Å². The Kier molecular flexibility index (Phi) is 1.70. The Balaban J connectivity index is 2.81. The predicted molar refractivity (Wildman–Crippen MR) is 51.3 cm³/mol. The SMILES string of the molecule is CNc1nc(N)nc2ncccc12. The van der Waals surface area contributed by atoms with Crippen molar-refractivity contribution in [1.29, 1.82) is 0 Å². The lowest BCUT2D eigenvalue weighted by atomic mass is 10.3. The normalized spacial score (nSPS) is 10.2. The number of hydrogen-bond donors (Lipinski definition) is 2. The zero-order valence-corrected chi connectivity index (χ0v) is 7.15. The van der Waals surface area contributed by atoms with Gasteiger partial charge in [0.2, 0.25) is 5.95 Å². The van der Waals surface area contributed by atoms with Crippen LogP contribution in [-0.4, -0.2) is 22.0 Å². The smallest absolute Gasteiger partial charge is 0.224 e. The summed E-state index contributed by atoms with van der Waals surface area (Å²) in [7, 11) is 1.79. The first kappa shape index (κ1) is 7.72. The Morgan fingerprint density at radius 3 is 3.00 bits per heavy atom. The van der Waals surface area contributed by atoms with E-state index in [1.165, 1.54) is 0 Å². The number of nitrogen functional groups attached to an aromatic ring is 1. The van der Waals surface area contributed by atoms with Crippen LogP contribution in [0.15, 0.2) is 18.3 Å². The number of nitrogens with two attached hydrogens (primary N) is 1. The number of pyridine rings is 1. The second-order valence-electron chi connectivity index (χ2n) is 2.55. The number of hydrogen-bond acceptors (Lipinski definition) is 5. The quantitative estimate of drug-likeness (QED) is 0.665. The molecular weight excluding hydrogens is 166 g/mol. The molecule has 13 heavy (non-hydrogen) atoms. The number of nitrogens with zero attached hydrogens (tertiary/aromatic N) is 3. The second kappa shape index (κ2) is 2.85. The van der Waals surface area contributed by atoms with Crippen molar-refractivity contribution in [3.05, 3.63) is 18.3 Å². The van der Waals surface area contributed by atoms with Crippen LogP contribution < -0.4 is 11.1 Å². The van der Waals surface area contributed by atoms with Crippen LogP contribution in [0.1, 0.15) is 0 Å². The summed E-state index contributed by atoms with van der Waals surface area (Å²) in [5.41, 5.74) is 6.11. The summed E-state index contributed by atoms with van der Waals surface area (Å²) < 4.78 is 0. The molecule has 2 aromatic rings. The van der Waals surface area contributed by atoms with Gasteiger partial charge in [0.15, 0.2) is 5.65 Å². The molecule has 0 aromatic carbocycles. The number of fused-ring (bicyclic) bond motifs is 1. The molecule has 0 spiro atoms. The highest BCUT2D eigenvalue weighted by molar-refractivity contribution is 5.86. The van der Waals surface area contributed by atoms with Gasteiger partial charge in [-0.1, -0.05) is 0 Å². The number of aromatic nitrogens is 3. The van der Waals surface area contributed by atoms with Crippen LogP contribution in [-0.2, 0) is 0 Å². The van der Waals surface area contributed by atoms with Crippen molar-refractivity contribution in [1.82, 2.24) is 15.0 Å². The van der Waals surface area contributed by atoms with Crippen LogP contribution in [0.5, 0.6) is 0 Å². The largest absolute Gasteiger partial charge is 0.372 e. The molecule has 0 aliphatic heterocycles. The van der Waals surface area contributed by atoms with E-state index in [9.17, 15) is 0 Å². The van der Waals surface area contributed by atoms with Gasteiger partial charge in [0, 0.05) is 13.2 Å². The minimum atomic E-state index is 0.232. The lowest BCUT2D eigenvalue weighted by molar-refractivity contribution is 1.19. The van der Waals surface area contributed by atoms with Gasteiger partial charge in [-0.3, -0.25) is 0 Å². The summed E-state index contributed by atoms with van der Waals surface area (Å²) in [6, 6.07) is 3.73. The summed E-state index contributed by atoms with van der Waals surface area (Å²) in [5, 5.41) is 3.81. The van der Waals surface area contributed by atoms with E-state index in [4.69, 9.17) is 5.73 Å². The van der Waals surface area contributed by atoms with Crippen LogP contribution in [0.25, 0.3) is 11.0 Å². The molecule has 66 valence electrons. The molecule has 0 bridgehead atoms. The van der Waals surface area contributed by atoms with E-state index in [-0.39, 0.29) is 5.95 Å². The topological polar surface area (TPSA) is 76.7 Å². The number of nitrogens with one attached hydrogen (secondary N) is 1. The lowest BCUT2D eigenvalue weighted by Crippen LogP contribution is -2.01. The highest BCUT2D eigenvalue weighted by Gasteiger charge is 2.03. The molecule has 0 amide bonds. The van der Waals surface area contributed by atoms with Crippen LogP contribution in [0.3, 0.4) is 0 Å². The van der Waals surface area contributed by atoms with Gasteiger partial charge in [-0.25, -0.2) is 4.98 Å². The van der Waals surface area contributed by atoms with Gasteiger partial charge in [-0.15, -0.1) is 0 Å². The Bertz CT molecular complexity index is 439. The summed E-state index contributed by atoms with van der Waals surface area (Å²) in [6.07, 6.45) is 1.67. The maximum absolute atomic E-state index is 5.50. The maximum Gasteiger partial charge on any atom is 0.224 e. The van der Waals surface area contributed by atoms with Gasteiger partial charge in [0.05, 0.1) is 5.39 Å². The van der Waals surface area contributed by atoms with Gasteiger partial charge in [0.1, 0.15) is 5.82 Å². The highest BCUT2D eigenvalue weighted by atomic mass is 15.1. The number of anilines is 2. The van der Waals surface area contributed by atoms with Crippen molar-refractivity contribution in [3.63, 3.8) is 0 Å². The fourth-order valence-corrected chi connectivity index (χ4v) is 1.17. The van der Waals surface area contributed by atoms with Crippen LogP contribution >= 0.6 is 0 Å². The van der Waals surface area contributed by atoms with Crippen LogP contribution in [0, 0.1) is 0 Å². The Morgan fingerprint density at radius 2 is 2.23 bits per heavy atom. The molecule has 0 aliphatic carbocycles. The molecular formula is C8H9N5. The molecule has 0 unspecified atom stereocenters. The van der Waals surface area contributed by atoms with E-state index < -0.39 is 0 Å². The van der Waals surface area contributed by atoms with Crippen molar-refractivity contribution >= 4 is 22.8 Å². The first-order chi connectivity index (χ1) is 6.31. The van der Waals surface area contributed by atoms with Crippen molar-refractivity contribution in [3.8, 4) is 0 Å². The third-order valence-corrected chi connectivity index (χ3v) is 1.73. The molecule has 0 fully saturated rings. The van der Waals surface area contributed by atoms with Gasteiger partial charge in [0.25, 0.3) is 0 Å². The highest BCUT2D eigenvalue weighted by Crippen LogP contribution is 2.17. The van der Waals surface area contributed by atoms with E-state index in [2.05, 4.69) is 20.3 Å². The molecule has 0 atom stereocenters. The Morgan fingerprint density at radius 1 is 1.38 bits per heavy atom. The Hall–Kier alpha value is -1.91. The summed E-state index contributed by atoms with van der Waals surface area (Å²) in [5.74, 6) is 0.936. The molecule has 2 heterocycles.